The fourth-order valence-corrected chi connectivity index (χ4v) is 4.82. The predicted octanol–water partition coefficient (Wildman–Crippen LogP) is 1.41. The molecule has 6 nitrogen and oxygen atoms in total. The number of hydrogen-bond donors (Lipinski definition) is 0. The SMILES string of the molecule is C[C@H]1CCC[C@@H](OCC(=O)N2CCN(S(=O)(=O)CBr)CC2)C1. The van der Waals surface area contributed by atoms with Crippen LogP contribution in [0.2, 0.25) is 0 Å². The number of piperazine rings is 1. The van der Waals surface area contributed by atoms with Crippen LogP contribution in [-0.2, 0) is 19.6 Å². The molecule has 2 fully saturated rings. The number of hydrogen-bond acceptors (Lipinski definition) is 4. The zero-order valence-corrected chi connectivity index (χ0v) is 15.4. The van der Waals surface area contributed by atoms with Gasteiger partial charge in [-0.05, 0) is 18.8 Å². The average molecular weight is 397 g/mol. The third-order valence-corrected chi connectivity index (χ3v) is 7.62. The fourth-order valence-electron chi connectivity index (χ4n) is 3.09. The molecule has 0 aromatic carbocycles. The van der Waals surface area contributed by atoms with Crippen LogP contribution in [0.3, 0.4) is 0 Å². The molecule has 22 heavy (non-hydrogen) atoms. The maximum absolute atomic E-state index is 12.2. The van der Waals surface area contributed by atoms with Crippen molar-refractivity contribution >= 4 is 31.9 Å². The molecule has 1 amide bonds. The standard InChI is InChI=1S/C14H25BrN2O4S/c1-12-3-2-4-13(9-12)21-10-14(18)16-5-7-17(8-6-16)22(19,20)11-15/h12-13H,2-11H2,1H3/t12-,13+/m0/s1. The summed E-state index contributed by atoms with van der Waals surface area (Å²) in [6.07, 6.45) is 4.68. The Morgan fingerprint density at radius 1 is 1.23 bits per heavy atom. The van der Waals surface area contributed by atoms with Crippen LogP contribution in [-0.4, -0.2) is 67.1 Å². The van der Waals surface area contributed by atoms with Gasteiger partial charge in [0.2, 0.25) is 15.9 Å². The van der Waals surface area contributed by atoms with E-state index in [0.717, 1.165) is 12.8 Å². The molecule has 2 atom stereocenters. The minimum atomic E-state index is -3.23. The zero-order chi connectivity index (χ0) is 16.2. The van der Waals surface area contributed by atoms with Crippen LogP contribution in [0.25, 0.3) is 0 Å². The molecular formula is C14H25BrN2O4S. The number of nitrogens with zero attached hydrogens (tertiary/aromatic N) is 2. The molecule has 0 aromatic rings. The van der Waals surface area contributed by atoms with Crippen LogP contribution in [0.15, 0.2) is 0 Å². The Balaban J connectivity index is 1.73. The highest BCUT2D eigenvalue weighted by atomic mass is 79.9. The molecule has 128 valence electrons. The van der Waals surface area contributed by atoms with Gasteiger partial charge in [0, 0.05) is 26.2 Å². The second-order valence-electron chi connectivity index (χ2n) is 6.21. The molecule has 1 aliphatic heterocycles. The highest BCUT2D eigenvalue weighted by molar-refractivity contribution is 9.10. The van der Waals surface area contributed by atoms with Gasteiger partial charge in [-0.2, -0.15) is 4.31 Å². The fraction of sp³-hybridized carbons (Fsp3) is 0.929. The molecule has 0 unspecified atom stereocenters. The summed E-state index contributed by atoms with van der Waals surface area (Å²) in [5, 5.41) is 0. The Morgan fingerprint density at radius 2 is 1.91 bits per heavy atom. The van der Waals surface area contributed by atoms with Crippen LogP contribution < -0.4 is 0 Å². The number of rotatable bonds is 5. The highest BCUT2D eigenvalue weighted by Crippen LogP contribution is 2.25. The van der Waals surface area contributed by atoms with Crippen molar-refractivity contribution in [1.29, 1.82) is 0 Å². The van der Waals surface area contributed by atoms with E-state index in [1.165, 1.54) is 17.1 Å². The van der Waals surface area contributed by atoms with Crippen LogP contribution in [0, 0.1) is 5.92 Å². The Labute approximate surface area is 141 Å². The first-order valence-corrected chi connectivity index (χ1v) is 10.6. The molecular weight excluding hydrogens is 372 g/mol. The Bertz CT molecular complexity index is 477. The van der Waals surface area contributed by atoms with E-state index >= 15 is 0 Å². The van der Waals surface area contributed by atoms with Gasteiger partial charge in [-0.1, -0.05) is 35.7 Å². The summed E-state index contributed by atoms with van der Waals surface area (Å²) >= 11 is 2.99. The Kier molecular flexibility index (Phi) is 6.67. The van der Waals surface area contributed by atoms with Crippen LogP contribution in [0.1, 0.15) is 32.6 Å². The van der Waals surface area contributed by atoms with Gasteiger partial charge in [-0.25, -0.2) is 8.42 Å². The van der Waals surface area contributed by atoms with Gasteiger partial charge in [0.05, 0.1) is 6.10 Å². The van der Waals surface area contributed by atoms with E-state index in [1.807, 2.05) is 0 Å². The number of alkyl halides is 1. The number of carbonyl (C=O) groups is 1. The monoisotopic (exact) mass is 396 g/mol. The Morgan fingerprint density at radius 3 is 2.50 bits per heavy atom. The summed E-state index contributed by atoms with van der Waals surface area (Å²) in [5.41, 5.74) is 0. The molecule has 0 radical (unpaired) electrons. The maximum atomic E-state index is 12.2. The van der Waals surface area contributed by atoms with Gasteiger partial charge < -0.3 is 9.64 Å². The average Bonchev–Trinajstić information content (AvgIpc) is 2.53. The molecule has 1 aliphatic carbocycles. The number of amides is 1. The van der Waals surface area contributed by atoms with E-state index in [1.54, 1.807) is 4.90 Å². The lowest BCUT2D eigenvalue weighted by Crippen LogP contribution is -2.51. The summed E-state index contributed by atoms with van der Waals surface area (Å²) in [7, 11) is -3.23. The zero-order valence-electron chi connectivity index (χ0n) is 13.0. The van der Waals surface area contributed by atoms with Gasteiger partial charge in [0.25, 0.3) is 0 Å². The third-order valence-electron chi connectivity index (χ3n) is 4.45. The summed E-state index contributed by atoms with van der Waals surface area (Å²) in [6.45, 7) is 3.94. The summed E-state index contributed by atoms with van der Waals surface area (Å²) < 4.78 is 30.6. The van der Waals surface area contributed by atoms with Gasteiger partial charge in [0.15, 0.2) is 0 Å². The van der Waals surface area contributed by atoms with E-state index in [-0.39, 0.29) is 23.3 Å². The van der Waals surface area contributed by atoms with E-state index in [4.69, 9.17) is 4.74 Å². The summed E-state index contributed by atoms with van der Waals surface area (Å²) in [5.74, 6) is 0.640. The lowest BCUT2D eigenvalue weighted by atomic mass is 9.89. The van der Waals surface area contributed by atoms with Crippen molar-refractivity contribution in [1.82, 2.24) is 9.21 Å². The van der Waals surface area contributed by atoms with E-state index in [0.29, 0.717) is 32.1 Å². The van der Waals surface area contributed by atoms with Crippen molar-refractivity contribution in [3.8, 4) is 0 Å². The van der Waals surface area contributed by atoms with Gasteiger partial charge in [-0.3, -0.25) is 4.79 Å². The molecule has 8 heteroatoms. The molecule has 2 aliphatic rings. The number of ether oxygens (including phenoxy) is 1. The van der Waals surface area contributed by atoms with Crippen molar-refractivity contribution in [2.24, 2.45) is 5.92 Å². The maximum Gasteiger partial charge on any atom is 0.248 e. The normalized spacial score (nSPS) is 27.8. The highest BCUT2D eigenvalue weighted by Gasteiger charge is 2.28. The topological polar surface area (TPSA) is 66.9 Å². The largest absolute Gasteiger partial charge is 0.368 e. The van der Waals surface area contributed by atoms with Crippen molar-refractivity contribution in [3.05, 3.63) is 0 Å². The molecule has 2 rings (SSSR count). The molecule has 1 heterocycles. The van der Waals surface area contributed by atoms with Crippen LogP contribution in [0.5, 0.6) is 0 Å². The first kappa shape index (κ1) is 18.2. The smallest absolute Gasteiger partial charge is 0.248 e. The van der Waals surface area contributed by atoms with E-state index < -0.39 is 10.0 Å². The second kappa shape index (κ2) is 8.08. The quantitative estimate of drug-likeness (QED) is 0.658. The van der Waals surface area contributed by atoms with Crippen molar-refractivity contribution in [2.75, 3.05) is 37.4 Å². The summed E-state index contributed by atoms with van der Waals surface area (Å²) in [4.78, 5) is 13.9. The lowest BCUT2D eigenvalue weighted by molar-refractivity contribution is -0.140. The van der Waals surface area contributed by atoms with Crippen LogP contribution >= 0.6 is 15.9 Å². The van der Waals surface area contributed by atoms with Crippen LogP contribution in [0.4, 0.5) is 0 Å². The predicted molar refractivity (Wildman–Crippen MR) is 88.2 cm³/mol. The van der Waals surface area contributed by atoms with Crippen molar-refractivity contribution < 1.29 is 17.9 Å². The molecule has 0 aromatic heterocycles. The van der Waals surface area contributed by atoms with Crippen molar-refractivity contribution in [2.45, 2.75) is 38.7 Å². The molecule has 0 N–H and O–H groups in total. The van der Waals surface area contributed by atoms with Crippen molar-refractivity contribution in [3.63, 3.8) is 0 Å². The van der Waals surface area contributed by atoms with Gasteiger partial charge in [0.1, 0.15) is 11.3 Å². The second-order valence-corrected chi connectivity index (χ2v) is 9.48. The van der Waals surface area contributed by atoms with E-state index in [2.05, 4.69) is 22.9 Å². The number of sulfonamides is 1. The third kappa shape index (κ3) is 4.91. The summed E-state index contributed by atoms with van der Waals surface area (Å²) in [6, 6.07) is 0. The lowest BCUT2D eigenvalue weighted by Gasteiger charge is -2.34. The first-order chi connectivity index (χ1) is 10.4. The van der Waals surface area contributed by atoms with Gasteiger partial charge >= 0.3 is 0 Å². The first-order valence-electron chi connectivity index (χ1n) is 7.85. The molecule has 0 spiro atoms. The minimum Gasteiger partial charge on any atom is -0.368 e. The molecule has 1 saturated carbocycles. The van der Waals surface area contributed by atoms with Gasteiger partial charge in [-0.15, -0.1) is 0 Å². The minimum absolute atomic E-state index is 0.0332. The van der Waals surface area contributed by atoms with E-state index in [9.17, 15) is 13.2 Å². The molecule has 1 saturated heterocycles. The molecule has 0 bridgehead atoms. The number of carbonyl (C=O) groups excluding carboxylic acids is 1. The number of halogens is 1. The Hall–Kier alpha value is -0.180.